The molecule has 8 heteroatoms. The number of fused-ring (bicyclic) bond motifs is 2. The minimum absolute atomic E-state index is 0.244. The first kappa shape index (κ1) is 17.5. The third-order valence-corrected chi connectivity index (χ3v) is 4.75. The van der Waals surface area contributed by atoms with Crippen molar-refractivity contribution in [1.29, 1.82) is 0 Å². The highest BCUT2D eigenvalue weighted by Gasteiger charge is 2.15. The number of halogens is 1. The molecule has 1 aromatic heterocycles. The van der Waals surface area contributed by atoms with E-state index in [4.69, 9.17) is 21.1 Å². The molecular weight excluding hydrogens is 392 g/mol. The Labute approximate surface area is 170 Å². The van der Waals surface area contributed by atoms with Crippen LogP contribution in [0.1, 0.15) is 10.4 Å². The highest BCUT2D eigenvalue weighted by Crippen LogP contribution is 2.31. The fraction of sp³-hybridized carbons (Fsp3) is 0.0952. The van der Waals surface area contributed by atoms with Gasteiger partial charge >= 0.3 is 0 Å². The Morgan fingerprint density at radius 2 is 1.66 bits per heavy atom. The number of benzene rings is 3. The molecule has 7 nitrogen and oxygen atoms in total. The number of anilines is 1. The van der Waals surface area contributed by atoms with E-state index in [1.807, 2.05) is 18.2 Å². The number of carbonyl (C=O) groups is 1. The Balaban J connectivity index is 1.39. The molecular formula is C21H15ClN4O3. The second-order valence-electron chi connectivity index (χ2n) is 6.48. The topological polar surface area (TPSA) is 78.3 Å². The van der Waals surface area contributed by atoms with Crippen LogP contribution in [0.4, 0.5) is 5.69 Å². The van der Waals surface area contributed by atoms with E-state index >= 15 is 0 Å². The van der Waals surface area contributed by atoms with E-state index in [0.29, 0.717) is 46.5 Å². The number of ether oxygens (including phenoxy) is 2. The Morgan fingerprint density at radius 3 is 2.48 bits per heavy atom. The second kappa shape index (κ2) is 7.10. The summed E-state index contributed by atoms with van der Waals surface area (Å²) in [6, 6.07) is 17.8. The van der Waals surface area contributed by atoms with Gasteiger partial charge in [0.2, 0.25) is 0 Å². The summed E-state index contributed by atoms with van der Waals surface area (Å²) in [7, 11) is 0. The Kier molecular flexibility index (Phi) is 4.29. The molecule has 144 valence electrons. The highest BCUT2D eigenvalue weighted by molar-refractivity contribution is 6.30. The van der Waals surface area contributed by atoms with Gasteiger partial charge in [0.25, 0.3) is 5.91 Å². The number of amides is 1. The van der Waals surface area contributed by atoms with Gasteiger partial charge in [0.15, 0.2) is 11.5 Å². The van der Waals surface area contributed by atoms with Crippen molar-refractivity contribution < 1.29 is 14.3 Å². The van der Waals surface area contributed by atoms with E-state index in [0.717, 1.165) is 11.2 Å². The van der Waals surface area contributed by atoms with E-state index in [1.165, 1.54) is 4.80 Å². The number of nitrogens with zero attached hydrogens (tertiary/aromatic N) is 3. The zero-order chi connectivity index (χ0) is 19.8. The van der Waals surface area contributed by atoms with Crippen molar-refractivity contribution in [1.82, 2.24) is 15.0 Å². The molecule has 0 saturated heterocycles. The van der Waals surface area contributed by atoms with Crippen LogP contribution >= 0.6 is 11.6 Å². The molecule has 0 saturated carbocycles. The summed E-state index contributed by atoms with van der Waals surface area (Å²) < 4.78 is 11.0. The predicted octanol–water partition coefficient (Wildman–Crippen LogP) is 4.10. The largest absolute Gasteiger partial charge is 0.486 e. The molecule has 29 heavy (non-hydrogen) atoms. The smallest absolute Gasteiger partial charge is 0.255 e. The predicted molar refractivity (Wildman–Crippen MR) is 109 cm³/mol. The molecule has 1 aliphatic rings. The van der Waals surface area contributed by atoms with Crippen LogP contribution in [0.15, 0.2) is 60.7 Å². The van der Waals surface area contributed by atoms with Crippen LogP contribution in [0.2, 0.25) is 5.02 Å². The van der Waals surface area contributed by atoms with Crippen LogP contribution < -0.4 is 14.8 Å². The van der Waals surface area contributed by atoms with Gasteiger partial charge in [-0.05, 0) is 60.7 Å². The Morgan fingerprint density at radius 1 is 0.897 bits per heavy atom. The second-order valence-corrected chi connectivity index (χ2v) is 6.92. The third kappa shape index (κ3) is 3.48. The molecule has 0 unspecified atom stereocenters. The maximum absolute atomic E-state index is 12.6. The lowest BCUT2D eigenvalue weighted by molar-refractivity contribution is 0.102. The maximum Gasteiger partial charge on any atom is 0.255 e. The normalized spacial score (nSPS) is 12.7. The summed E-state index contributed by atoms with van der Waals surface area (Å²) in [6.45, 7) is 0.979. The van der Waals surface area contributed by atoms with E-state index in [-0.39, 0.29) is 5.91 Å². The van der Waals surface area contributed by atoms with Gasteiger partial charge in [-0.1, -0.05) is 11.6 Å². The SMILES string of the molecule is O=C(Nc1ccc2nn(-c3ccc(Cl)cc3)nc2c1)c1ccc2c(c1)OCCO2. The molecule has 1 N–H and O–H groups in total. The summed E-state index contributed by atoms with van der Waals surface area (Å²) in [5, 5.41) is 12.5. The summed E-state index contributed by atoms with van der Waals surface area (Å²) in [6.07, 6.45) is 0. The summed E-state index contributed by atoms with van der Waals surface area (Å²) in [5.74, 6) is 0.977. The zero-order valence-electron chi connectivity index (χ0n) is 15.1. The number of aromatic nitrogens is 3. The fourth-order valence-electron chi connectivity index (χ4n) is 3.07. The number of hydrogen-bond acceptors (Lipinski definition) is 5. The highest BCUT2D eigenvalue weighted by atomic mass is 35.5. The molecule has 0 radical (unpaired) electrons. The average Bonchev–Trinajstić information content (AvgIpc) is 3.17. The van der Waals surface area contributed by atoms with Crippen LogP contribution in [0.25, 0.3) is 16.7 Å². The van der Waals surface area contributed by atoms with Crippen molar-refractivity contribution in [2.24, 2.45) is 0 Å². The molecule has 0 aliphatic carbocycles. The van der Waals surface area contributed by atoms with Gasteiger partial charge in [0.05, 0.1) is 5.69 Å². The summed E-state index contributed by atoms with van der Waals surface area (Å²) in [5.41, 5.74) is 3.30. The van der Waals surface area contributed by atoms with Crippen LogP contribution in [-0.4, -0.2) is 34.1 Å². The lowest BCUT2D eigenvalue weighted by atomic mass is 10.1. The standard InChI is InChI=1S/C21H15ClN4O3/c22-14-2-5-16(6-3-14)26-24-17-7-4-15(12-18(17)25-26)23-21(27)13-1-8-19-20(11-13)29-10-9-28-19/h1-8,11-12H,9-10H2,(H,23,27). The molecule has 3 aromatic carbocycles. The minimum atomic E-state index is -0.244. The molecule has 4 aromatic rings. The van der Waals surface area contributed by atoms with Crippen LogP contribution in [0.5, 0.6) is 11.5 Å². The van der Waals surface area contributed by atoms with Crippen molar-refractivity contribution >= 4 is 34.2 Å². The average molecular weight is 407 g/mol. The van der Waals surface area contributed by atoms with E-state index in [9.17, 15) is 4.79 Å². The van der Waals surface area contributed by atoms with Gasteiger partial charge in [-0.25, -0.2) is 0 Å². The van der Waals surface area contributed by atoms with Gasteiger partial charge in [0, 0.05) is 16.3 Å². The minimum Gasteiger partial charge on any atom is -0.486 e. The van der Waals surface area contributed by atoms with Crippen molar-refractivity contribution in [2.75, 3.05) is 18.5 Å². The van der Waals surface area contributed by atoms with Crippen molar-refractivity contribution in [2.45, 2.75) is 0 Å². The van der Waals surface area contributed by atoms with Gasteiger partial charge < -0.3 is 14.8 Å². The first-order valence-corrected chi connectivity index (χ1v) is 9.37. The first-order chi connectivity index (χ1) is 14.2. The lowest BCUT2D eigenvalue weighted by Gasteiger charge is -2.18. The Hall–Kier alpha value is -3.58. The Bertz CT molecular complexity index is 1220. The molecule has 2 heterocycles. The fourth-order valence-corrected chi connectivity index (χ4v) is 3.20. The van der Waals surface area contributed by atoms with Gasteiger partial charge in [-0.3, -0.25) is 4.79 Å². The van der Waals surface area contributed by atoms with Gasteiger partial charge in [0.1, 0.15) is 24.2 Å². The quantitative estimate of drug-likeness (QED) is 0.554. The summed E-state index contributed by atoms with van der Waals surface area (Å²) in [4.78, 5) is 14.2. The van der Waals surface area contributed by atoms with E-state index < -0.39 is 0 Å². The van der Waals surface area contributed by atoms with Crippen LogP contribution in [0, 0.1) is 0 Å². The monoisotopic (exact) mass is 406 g/mol. The molecule has 5 rings (SSSR count). The number of rotatable bonds is 3. The number of nitrogens with one attached hydrogen (secondary N) is 1. The van der Waals surface area contributed by atoms with Crippen molar-refractivity contribution in [3.63, 3.8) is 0 Å². The van der Waals surface area contributed by atoms with E-state index in [2.05, 4.69) is 15.5 Å². The third-order valence-electron chi connectivity index (χ3n) is 4.50. The molecule has 0 atom stereocenters. The van der Waals surface area contributed by atoms with Crippen LogP contribution in [0.3, 0.4) is 0 Å². The van der Waals surface area contributed by atoms with Crippen molar-refractivity contribution in [3.8, 4) is 17.2 Å². The lowest BCUT2D eigenvalue weighted by Crippen LogP contribution is -2.17. The van der Waals surface area contributed by atoms with Crippen LogP contribution in [-0.2, 0) is 0 Å². The molecule has 0 spiro atoms. The van der Waals surface area contributed by atoms with Gasteiger partial charge in [-0.2, -0.15) is 4.80 Å². The molecule has 1 aliphatic heterocycles. The van der Waals surface area contributed by atoms with Gasteiger partial charge in [-0.15, -0.1) is 10.2 Å². The van der Waals surface area contributed by atoms with E-state index in [1.54, 1.807) is 42.5 Å². The molecule has 0 bridgehead atoms. The maximum atomic E-state index is 12.6. The summed E-state index contributed by atoms with van der Waals surface area (Å²) >= 11 is 5.93. The number of hydrogen-bond donors (Lipinski definition) is 1. The first-order valence-electron chi connectivity index (χ1n) is 9.00. The zero-order valence-corrected chi connectivity index (χ0v) is 15.9. The number of carbonyl (C=O) groups excluding carboxylic acids is 1. The molecule has 1 amide bonds. The van der Waals surface area contributed by atoms with Crippen molar-refractivity contribution in [3.05, 3.63) is 71.2 Å². The molecule has 0 fully saturated rings.